The topological polar surface area (TPSA) is 46.9 Å². The highest BCUT2D eigenvalue weighted by Gasteiger charge is 2.27. The Balaban J connectivity index is 0.850. The number of fused-ring (bicyclic) bond motifs is 13. The molecule has 0 amide bonds. The molecular formula is C66H47N5. The number of amidine groups is 2. The van der Waals surface area contributed by atoms with Crippen LogP contribution in [0.5, 0.6) is 0 Å². The van der Waals surface area contributed by atoms with Crippen LogP contribution in [0.15, 0.2) is 233 Å². The lowest BCUT2D eigenvalue weighted by Crippen LogP contribution is -2.09. The molecule has 71 heavy (non-hydrogen) atoms. The fourth-order valence-electron chi connectivity index (χ4n) is 11.8. The predicted molar refractivity (Wildman–Crippen MR) is 297 cm³/mol. The number of aromatic nitrogens is 2. The molecule has 2 aromatic heterocycles. The van der Waals surface area contributed by atoms with Crippen LogP contribution in [0, 0.1) is 5.92 Å². The van der Waals surface area contributed by atoms with Crippen LogP contribution in [0.25, 0.3) is 88.4 Å². The zero-order valence-corrected chi connectivity index (χ0v) is 39.1. The third-order valence-electron chi connectivity index (χ3n) is 15.0. The molecule has 0 bridgehead atoms. The highest BCUT2D eigenvalue weighted by atomic mass is 15.0. The summed E-state index contributed by atoms with van der Waals surface area (Å²) in [6.45, 7) is 4.54. The van der Waals surface area contributed by atoms with Crippen LogP contribution in [0.2, 0.25) is 0 Å². The molecule has 0 saturated carbocycles. The summed E-state index contributed by atoms with van der Waals surface area (Å²) in [5.74, 6) is 1.59. The van der Waals surface area contributed by atoms with Crippen LogP contribution < -0.4 is 0 Å². The number of aliphatic imine (C=N–C) groups is 3. The van der Waals surface area contributed by atoms with E-state index < -0.39 is 0 Å². The van der Waals surface area contributed by atoms with Gasteiger partial charge in [-0.15, -0.1) is 0 Å². The molecule has 1 unspecified atom stereocenters. The molecular weight excluding hydrogens is 863 g/mol. The van der Waals surface area contributed by atoms with Crippen molar-refractivity contribution in [3.63, 3.8) is 0 Å². The van der Waals surface area contributed by atoms with Crippen molar-refractivity contribution in [1.29, 1.82) is 0 Å². The van der Waals surface area contributed by atoms with Crippen molar-refractivity contribution in [3.8, 4) is 44.8 Å². The van der Waals surface area contributed by atoms with E-state index in [1.165, 1.54) is 105 Å². The van der Waals surface area contributed by atoms with Gasteiger partial charge in [0.25, 0.3) is 0 Å². The van der Waals surface area contributed by atoms with Gasteiger partial charge in [-0.1, -0.05) is 170 Å². The minimum Gasteiger partial charge on any atom is -0.307 e. The maximum absolute atomic E-state index is 5.15. The average Bonchev–Trinajstić information content (AvgIpc) is 4.19. The molecule has 9 aromatic carbocycles. The van der Waals surface area contributed by atoms with Gasteiger partial charge in [-0.05, 0) is 130 Å². The molecule has 336 valence electrons. The SMILES string of the molecule is C=NC(=NC(=NCC1C=CC=CC1)c1ccc2c(c1)Cc1ccc(-c3cccc4c3-c3ccc(-n5c6ccccc6c6ccc7c8ccccc8n(-c8ccccc8)c7c65)cc3C4)cc1-2)c1ccccc1. The first-order valence-corrected chi connectivity index (χ1v) is 24.7. The van der Waals surface area contributed by atoms with E-state index in [-0.39, 0.29) is 0 Å². The molecule has 3 aliphatic rings. The minimum atomic E-state index is 0.332. The van der Waals surface area contributed by atoms with Crippen LogP contribution in [0.1, 0.15) is 39.8 Å². The largest absolute Gasteiger partial charge is 0.307 e. The molecule has 0 spiro atoms. The van der Waals surface area contributed by atoms with E-state index in [9.17, 15) is 0 Å². The van der Waals surface area contributed by atoms with Crippen molar-refractivity contribution in [3.05, 3.63) is 252 Å². The Morgan fingerprint density at radius 2 is 1.17 bits per heavy atom. The van der Waals surface area contributed by atoms with E-state index in [2.05, 4.69) is 209 Å². The molecule has 5 nitrogen and oxygen atoms in total. The normalized spacial score (nSPS) is 14.9. The molecule has 0 aliphatic heterocycles. The van der Waals surface area contributed by atoms with Gasteiger partial charge < -0.3 is 9.13 Å². The van der Waals surface area contributed by atoms with Crippen molar-refractivity contribution in [2.45, 2.75) is 19.3 Å². The molecule has 0 radical (unpaired) electrons. The smallest absolute Gasteiger partial charge is 0.161 e. The number of rotatable bonds is 7. The minimum absolute atomic E-state index is 0.332. The highest BCUT2D eigenvalue weighted by Crippen LogP contribution is 2.48. The lowest BCUT2D eigenvalue weighted by Gasteiger charge is -2.14. The van der Waals surface area contributed by atoms with Crippen molar-refractivity contribution in [2.75, 3.05) is 6.54 Å². The second-order valence-electron chi connectivity index (χ2n) is 19.1. The van der Waals surface area contributed by atoms with Gasteiger partial charge in [-0.3, -0.25) is 4.99 Å². The summed E-state index contributed by atoms with van der Waals surface area (Å²) in [5, 5.41) is 5.02. The molecule has 11 aromatic rings. The van der Waals surface area contributed by atoms with Gasteiger partial charge in [-0.25, -0.2) is 9.98 Å². The molecule has 1 atom stereocenters. The Morgan fingerprint density at radius 1 is 0.479 bits per heavy atom. The average molecular weight is 910 g/mol. The van der Waals surface area contributed by atoms with Crippen molar-refractivity contribution < 1.29 is 0 Å². The quantitative estimate of drug-likeness (QED) is 0.113. The standard InChI is InChI=1S/C66H47N5/c1-67-65(43-18-7-3-8-19-43)69-66(68-41-42-16-5-2-6-17-42)47-30-32-52-48(38-47)36-44-28-29-45(40-59(44)52)53-25-15-20-46-37-49-39-51(31-33-54(49)62(46)53)71-61-27-14-12-24-56(61)58-35-34-57-55-23-11-13-26-60(55)70(63(57)64(58)71)50-21-9-4-10-22-50/h2-16,18-35,38-40,42H,1,17,36-37,41H2. The second kappa shape index (κ2) is 16.6. The molecule has 0 saturated heterocycles. The number of para-hydroxylation sites is 3. The third kappa shape index (κ3) is 6.72. The summed E-state index contributed by atoms with van der Waals surface area (Å²) in [7, 11) is 0. The van der Waals surface area contributed by atoms with E-state index in [1.54, 1.807) is 0 Å². The fourth-order valence-corrected chi connectivity index (χ4v) is 11.8. The van der Waals surface area contributed by atoms with E-state index in [0.717, 1.165) is 36.1 Å². The maximum Gasteiger partial charge on any atom is 0.161 e. The predicted octanol–water partition coefficient (Wildman–Crippen LogP) is 15.7. The van der Waals surface area contributed by atoms with Crippen molar-refractivity contribution >= 4 is 62.0 Å². The fraction of sp³-hybridized carbons (Fsp3) is 0.0758. The lowest BCUT2D eigenvalue weighted by molar-refractivity contribution is 0.670. The first-order valence-electron chi connectivity index (χ1n) is 24.7. The highest BCUT2D eigenvalue weighted by molar-refractivity contribution is 6.24. The monoisotopic (exact) mass is 909 g/mol. The van der Waals surface area contributed by atoms with E-state index in [4.69, 9.17) is 9.98 Å². The maximum atomic E-state index is 5.15. The molecule has 0 fully saturated rings. The van der Waals surface area contributed by atoms with Crippen LogP contribution in [0.4, 0.5) is 0 Å². The van der Waals surface area contributed by atoms with Crippen LogP contribution >= 0.6 is 0 Å². The van der Waals surface area contributed by atoms with Gasteiger partial charge in [0.15, 0.2) is 11.7 Å². The summed E-state index contributed by atoms with van der Waals surface area (Å²) in [6, 6.07) is 71.1. The molecule has 5 heteroatoms. The number of allylic oxidation sites excluding steroid dienone is 3. The number of nitrogens with zero attached hydrogens (tertiary/aromatic N) is 5. The van der Waals surface area contributed by atoms with E-state index >= 15 is 0 Å². The van der Waals surface area contributed by atoms with Gasteiger partial charge >= 0.3 is 0 Å². The summed E-state index contributed by atoms with van der Waals surface area (Å²) in [5.41, 5.74) is 22.2. The Bertz CT molecular complexity index is 4120. The Kier molecular flexibility index (Phi) is 9.63. The Labute approximate surface area is 412 Å². The summed E-state index contributed by atoms with van der Waals surface area (Å²) in [4.78, 5) is 14.6. The van der Waals surface area contributed by atoms with Crippen LogP contribution in [0.3, 0.4) is 0 Å². The lowest BCUT2D eigenvalue weighted by atomic mass is 9.92. The number of benzene rings is 9. The first-order chi connectivity index (χ1) is 35.2. The summed E-state index contributed by atoms with van der Waals surface area (Å²) in [6.07, 6.45) is 11.4. The summed E-state index contributed by atoms with van der Waals surface area (Å²) >= 11 is 0. The summed E-state index contributed by atoms with van der Waals surface area (Å²) < 4.78 is 4.98. The zero-order chi connectivity index (χ0) is 47.0. The zero-order valence-electron chi connectivity index (χ0n) is 39.1. The van der Waals surface area contributed by atoms with Gasteiger partial charge in [0, 0.05) is 56.5 Å². The third-order valence-corrected chi connectivity index (χ3v) is 15.0. The van der Waals surface area contributed by atoms with Gasteiger partial charge in [-0.2, -0.15) is 0 Å². The van der Waals surface area contributed by atoms with Crippen molar-refractivity contribution in [1.82, 2.24) is 9.13 Å². The molecule has 0 N–H and O–H groups in total. The second-order valence-corrected chi connectivity index (χ2v) is 19.1. The Morgan fingerprint density at radius 3 is 1.92 bits per heavy atom. The van der Waals surface area contributed by atoms with E-state index in [1.807, 2.05) is 30.3 Å². The number of hydrogen-bond acceptors (Lipinski definition) is 1. The van der Waals surface area contributed by atoms with Gasteiger partial charge in [0.2, 0.25) is 0 Å². The van der Waals surface area contributed by atoms with Gasteiger partial charge in [0.05, 0.1) is 22.1 Å². The molecule has 2 heterocycles. The number of hydrogen-bond donors (Lipinski definition) is 0. The van der Waals surface area contributed by atoms with E-state index in [0.29, 0.717) is 24.1 Å². The first kappa shape index (κ1) is 41.1. The van der Waals surface area contributed by atoms with Gasteiger partial charge in [0.1, 0.15) is 0 Å². The molecule has 14 rings (SSSR count). The Hall–Kier alpha value is -8.93. The van der Waals surface area contributed by atoms with Crippen LogP contribution in [-0.2, 0) is 12.8 Å². The van der Waals surface area contributed by atoms with Crippen molar-refractivity contribution in [2.24, 2.45) is 20.9 Å². The molecule has 3 aliphatic carbocycles. The van der Waals surface area contributed by atoms with Crippen LogP contribution in [-0.4, -0.2) is 34.1 Å².